The summed E-state index contributed by atoms with van der Waals surface area (Å²) in [5, 5.41) is 13.8. The summed E-state index contributed by atoms with van der Waals surface area (Å²) >= 11 is 5.90. The van der Waals surface area contributed by atoms with Crippen LogP contribution in [0.25, 0.3) is 5.69 Å². The topological polar surface area (TPSA) is 70.4 Å². The lowest BCUT2D eigenvalue weighted by molar-refractivity contribution is 0.0697. The minimum Gasteiger partial charge on any atom is -0.478 e. The Kier molecular flexibility index (Phi) is 6.56. The maximum Gasteiger partial charge on any atom is 0.335 e. The van der Waals surface area contributed by atoms with E-state index in [1.54, 1.807) is 18.3 Å². The Balaban J connectivity index is 1.68. The summed E-state index contributed by atoms with van der Waals surface area (Å²) < 4.78 is 2.15. The van der Waals surface area contributed by atoms with E-state index in [-0.39, 0.29) is 17.6 Å². The van der Waals surface area contributed by atoms with Gasteiger partial charge in [-0.15, -0.1) is 0 Å². The van der Waals surface area contributed by atoms with Crippen molar-refractivity contribution in [2.45, 2.75) is 46.2 Å². The number of anilines is 1. The fourth-order valence-corrected chi connectivity index (χ4v) is 5.63. The molecule has 1 saturated heterocycles. The lowest BCUT2D eigenvalue weighted by Gasteiger charge is -2.28. The molecule has 0 unspecified atom stereocenters. The molecule has 5 rings (SSSR count). The lowest BCUT2D eigenvalue weighted by Crippen LogP contribution is -2.29. The van der Waals surface area contributed by atoms with Gasteiger partial charge in [0.2, 0.25) is 0 Å². The molecule has 1 fully saturated rings. The van der Waals surface area contributed by atoms with Crippen LogP contribution in [0, 0.1) is 20.8 Å². The normalized spacial score (nSPS) is 17.2. The van der Waals surface area contributed by atoms with Crippen molar-refractivity contribution >= 4 is 29.0 Å². The second kappa shape index (κ2) is 9.82. The molecule has 3 heterocycles. The quantitative estimate of drug-likeness (QED) is 0.300. The van der Waals surface area contributed by atoms with E-state index in [1.165, 1.54) is 5.56 Å². The maximum absolute atomic E-state index is 11.7. The molecular weight excluding hydrogens is 480 g/mol. The highest BCUT2D eigenvalue weighted by atomic mass is 32.1. The van der Waals surface area contributed by atoms with Gasteiger partial charge in [0.05, 0.1) is 23.3 Å². The highest BCUT2D eigenvalue weighted by Gasteiger charge is 2.42. The number of nitrogens with zero attached hydrogens (tertiary/aromatic N) is 3. The summed E-state index contributed by atoms with van der Waals surface area (Å²) in [5.74, 6) is -0.939. The average molecular weight is 511 g/mol. The van der Waals surface area contributed by atoms with E-state index in [2.05, 4.69) is 70.9 Å². The van der Waals surface area contributed by atoms with Crippen LogP contribution in [0.5, 0.6) is 0 Å². The van der Waals surface area contributed by atoms with Crippen molar-refractivity contribution in [3.8, 4) is 5.69 Å². The zero-order chi connectivity index (χ0) is 26.3. The molecule has 2 N–H and O–H groups in total. The standard InChI is InChI=1S/C30H30N4O2S/c1-5-21-10-13-23(14-11-21)34-28(27(32-30(34)37)25-8-6-7-15-31-25)24-16-19(3)33(20(24)4)26-17-22(29(35)36)12-9-18(26)2/h6-17,27-28H,5H2,1-4H3,(H,32,37)(H,35,36)/t27-,28+/m0/s1. The highest BCUT2D eigenvalue weighted by Crippen LogP contribution is 2.44. The van der Waals surface area contributed by atoms with Crippen LogP contribution >= 0.6 is 12.2 Å². The SMILES string of the molecule is CCc1ccc(N2C(=S)N[C@@H](c3ccccn3)[C@H]2c2cc(C)n(-c3cc(C(=O)O)ccc3C)c2C)cc1. The van der Waals surface area contributed by atoms with E-state index < -0.39 is 5.97 Å². The van der Waals surface area contributed by atoms with Crippen LogP contribution in [-0.4, -0.2) is 25.7 Å². The lowest BCUT2D eigenvalue weighted by atomic mass is 9.96. The molecule has 1 aliphatic heterocycles. The van der Waals surface area contributed by atoms with Gasteiger partial charge in [-0.05, 0) is 98.6 Å². The maximum atomic E-state index is 11.7. The van der Waals surface area contributed by atoms with Crippen LogP contribution in [0.1, 0.15) is 63.1 Å². The third kappa shape index (κ3) is 4.40. The number of carbonyl (C=O) groups is 1. The summed E-state index contributed by atoms with van der Waals surface area (Å²) in [4.78, 5) is 18.6. The number of hydrogen-bond donors (Lipinski definition) is 2. The predicted molar refractivity (Wildman–Crippen MR) is 151 cm³/mol. The Hall–Kier alpha value is -3.97. The average Bonchev–Trinajstić information content (AvgIpc) is 3.39. The van der Waals surface area contributed by atoms with Crippen molar-refractivity contribution in [3.05, 3.63) is 112 Å². The summed E-state index contributed by atoms with van der Waals surface area (Å²) in [7, 11) is 0. The number of pyridine rings is 1. The number of hydrogen-bond acceptors (Lipinski definition) is 3. The first-order valence-corrected chi connectivity index (χ1v) is 12.8. The molecule has 0 spiro atoms. The van der Waals surface area contributed by atoms with Gasteiger partial charge >= 0.3 is 5.97 Å². The van der Waals surface area contributed by atoms with Crippen molar-refractivity contribution in [2.75, 3.05) is 4.90 Å². The van der Waals surface area contributed by atoms with Crippen LogP contribution in [0.3, 0.4) is 0 Å². The molecule has 2 aromatic carbocycles. The largest absolute Gasteiger partial charge is 0.478 e. The van der Waals surface area contributed by atoms with E-state index in [0.717, 1.165) is 46.0 Å². The van der Waals surface area contributed by atoms with Crippen LogP contribution in [0.4, 0.5) is 5.69 Å². The summed E-state index contributed by atoms with van der Waals surface area (Å²) in [5.41, 5.74) is 8.51. The predicted octanol–water partition coefficient (Wildman–Crippen LogP) is 6.24. The first kappa shape index (κ1) is 24.7. The fourth-order valence-electron chi connectivity index (χ4n) is 5.28. The van der Waals surface area contributed by atoms with Gasteiger partial charge in [0.1, 0.15) is 0 Å². The van der Waals surface area contributed by atoms with E-state index in [0.29, 0.717) is 5.11 Å². The molecule has 188 valence electrons. The molecule has 6 nitrogen and oxygen atoms in total. The number of benzene rings is 2. The number of aromatic carboxylic acids is 1. The van der Waals surface area contributed by atoms with E-state index in [9.17, 15) is 9.90 Å². The van der Waals surface area contributed by atoms with E-state index >= 15 is 0 Å². The molecule has 1 aliphatic rings. The molecule has 0 amide bonds. The van der Waals surface area contributed by atoms with Gasteiger partial charge < -0.3 is 19.9 Å². The molecule has 2 atom stereocenters. The van der Waals surface area contributed by atoms with Gasteiger partial charge in [-0.3, -0.25) is 4.98 Å². The summed E-state index contributed by atoms with van der Waals surface area (Å²) in [6.45, 7) is 8.29. The third-order valence-electron chi connectivity index (χ3n) is 7.21. The molecule has 7 heteroatoms. The molecule has 0 aliphatic carbocycles. The zero-order valence-electron chi connectivity index (χ0n) is 21.4. The van der Waals surface area contributed by atoms with Crippen molar-refractivity contribution in [3.63, 3.8) is 0 Å². The second-order valence-corrected chi connectivity index (χ2v) is 9.87. The number of carboxylic acid groups (broad SMARTS) is 1. The minimum absolute atomic E-state index is 0.141. The summed E-state index contributed by atoms with van der Waals surface area (Å²) in [6, 6.07) is 21.6. The Bertz CT molecular complexity index is 1480. The van der Waals surface area contributed by atoms with Gasteiger partial charge in [0.25, 0.3) is 0 Å². The van der Waals surface area contributed by atoms with Crippen molar-refractivity contribution in [1.29, 1.82) is 0 Å². The summed E-state index contributed by atoms with van der Waals surface area (Å²) in [6.07, 6.45) is 2.78. The molecule has 0 radical (unpaired) electrons. The van der Waals surface area contributed by atoms with E-state index in [4.69, 9.17) is 12.2 Å². The van der Waals surface area contributed by atoms with Crippen LogP contribution in [0.2, 0.25) is 0 Å². The van der Waals surface area contributed by atoms with Crippen LogP contribution in [-0.2, 0) is 6.42 Å². The van der Waals surface area contributed by atoms with Crippen LogP contribution < -0.4 is 10.2 Å². The number of rotatable bonds is 6. The van der Waals surface area contributed by atoms with Gasteiger partial charge in [-0.1, -0.05) is 31.2 Å². The van der Waals surface area contributed by atoms with Gasteiger partial charge in [-0.2, -0.15) is 0 Å². The van der Waals surface area contributed by atoms with Crippen molar-refractivity contribution in [1.82, 2.24) is 14.9 Å². The number of aromatic nitrogens is 2. The van der Waals surface area contributed by atoms with Crippen molar-refractivity contribution in [2.24, 2.45) is 0 Å². The fraction of sp³-hybridized carbons (Fsp3) is 0.233. The Morgan fingerprint density at radius 1 is 1.05 bits per heavy atom. The second-order valence-electron chi connectivity index (χ2n) is 9.48. The Labute approximate surface area is 222 Å². The van der Waals surface area contributed by atoms with Crippen LogP contribution in [0.15, 0.2) is 72.9 Å². The first-order chi connectivity index (χ1) is 17.8. The number of nitrogens with one attached hydrogen (secondary N) is 1. The molecule has 0 saturated carbocycles. The van der Waals surface area contributed by atoms with Gasteiger partial charge in [0, 0.05) is 29.0 Å². The number of aryl methyl sites for hydroxylation is 3. The van der Waals surface area contributed by atoms with Crippen molar-refractivity contribution < 1.29 is 9.90 Å². The molecule has 0 bridgehead atoms. The van der Waals surface area contributed by atoms with E-state index in [1.807, 2.05) is 31.2 Å². The number of carboxylic acids is 1. The third-order valence-corrected chi connectivity index (χ3v) is 7.52. The zero-order valence-corrected chi connectivity index (χ0v) is 22.2. The molecular formula is C30H30N4O2S. The van der Waals surface area contributed by atoms with Gasteiger partial charge in [0.15, 0.2) is 5.11 Å². The number of thiocarbonyl (C=S) groups is 1. The van der Waals surface area contributed by atoms with Gasteiger partial charge in [-0.25, -0.2) is 4.79 Å². The smallest absolute Gasteiger partial charge is 0.335 e. The first-order valence-electron chi connectivity index (χ1n) is 12.4. The highest BCUT2D eigenvalue weighted by molar-refractivity contribution is 7.80. The molecule has 37 heavy (non-hydrogen) atoms. The molecule has 2 aromatic heterocycles. The monoisotopic (exact) mass is 510 g/mol. The Morgan fingerprint density at radius 3 is 2.46 bits per heavy atom. The molecule has 4 aromatic rings. The minimum atomic E-state index is -0.939. The Morgan fingerprint density at radius 2 is 1.81 bits per heavy atom.